The van der Waals surface area contributed by atoms with Crippen molar-refractivity contribution in [3.63, 3.8) is 0 Å². The lowest BCUT2D eigenvalue weighted by Crippen LogP contribution is -2.31. The number of hydrogen-bond donors (Lipinski definition) is 2. The molecular formula is C27H26N4O3. The normalized spacial score (nSPS) is 13.4. The van der Waals surface area contributed by atoms with Crippen LogP contribution in [-0.2, 0) is 4.79 Å². The van der Waals surface area contributed by atoms with Crippen molar-refractivity contribution in [3.8, 4) is 0 Å². The molecule has 2 N–H and O–H groups in total. The summed E-state index contributed by atoms with van der Waals surface area (Å²) in [6.45, 7) is 5.92. The summed E-state index contributed by atoms with van der Waals surface area (Å²) >= 11 is 0. The van der Waals surface area contributed by atoms with Gasteiger partial charge in [-0.05, 0) is 44.0 Å². The van der Waals surface area contributed by atoms with E-state index >= 15 is 0 Å². The Morgan fingerprint density at radius 2 is 1.82 bits per heavy atom. The molecule has 5 aromatic rings. The average Bonchev–Trinajstić information content (AvgIpc) is 3.37. The maximum Gasteiger partial charge on any atom is 0.330 e. The van der Waals surface area contributed by atoms with Crippen molar-refractivity contribution >= 4 is 27.9 Å². The second-order valence-electron chi connectivity index (χ2n) is 8.78. The third-order valence-corrected chi connectivity index (χ3v) is 6.58. The highest BCUT2D eigenvalue weighted by Crippen LogP contribution is 2.32. The Kier molecular flexibility index (Phi) is 5.32. The first-order chi connectivity index (χ1) is 16.4. The van der Waals surface area contributed by atoms with Gasteiger partial charge in [-0.25, -0.2) is 4.79 Å². The van der Waals surface area contributed by atoms with Crippen molar-refractivity contribution in [1.82, 2.24) is 19.1 Å². The summed E-state index contributed by atoms with van der Waals surface area (Å²) in [4.78, 5) is 33.7. The molecule has 0 aliphatic carbocycles. The Morgan fingerprint density at radius 3 is 2.56 bits per heavy atom. The fraction of sp³-hybridized carbons (Fsp3) is 0.222. The number of carboxylic acid groups (broad SMARTS) is 1. The van der Waals surface area contributed by atoms with E-state index in [1.807, 2.05) is 68.6 Å². The van der Waals surface area contributed by atoms with Crippen LogP contribution in [0, 0.1) is 13.8 Å². The van der Waals surface area contributed by atoms with Crippen molar-refractivity contribution in [2.45, 2.75) is 39.3 Å². The highest BCUT2D eigenvalue weighted by molar-refractivity contribution is 5.87. The number of H-pyrrole nitrogens is 1. The molecule has 2 aromatic carbocycles. The molecule has 2 unspecified atom stereocenters. The topological polar surface area (TPSA) is 92.9 Å². The molecule has 0 radical (unpaired) electrons. The van der Waals surface area contributed by atoms with Crippen LogP contribution in [0.2, 0.25) is 0 Å². The minimum atomic E-state index is -0.965. The van der Waals surface area contributed by atoms with Gasteiger partial charge in [-0.15, -0.1) is 0 Å². The molecule has 5 rings (SSSR count). The Morgan fingerprint density at radius 1 is 1.06 bits per heavy atom. The average molecular weight is 455 g/mol. The van der Waals surface area contributed by atoms with E-state index in [2.05, 4.69) is 23.0 Å². The molecule has 3 aromatic heterocycles. The van der Waals surface area contributed by atoms with Gasteiger partial charge < -0.3 is 10.1 Å². The second kappa shape index (κ2) is 8.33. The summed E-state index contributed by atoms with van der Waals surface area (Å²) < 4.78 is 3.35. The van der Waals surface area contributed by atoms with Crippen LogP contribution in [0.15, 0.2) is 71.8 Å². The molecule has 7 nitrogen and oxygen atoms in total. The lowest BCUT2D eigenvalue weighted by atomic mass is 10.0. The first kappa shape index (κ1) is 21.7. The quantitative estimate of drug-likeness (QED) is 0.379. The van der Waals surface area contributed by atoms with Crippen LogP contribution < -0.4 is 5.69 Å². The van der Waals surface area contributed by atoms with Crippen molar-refractivity contribution < 1.29 is 9.90 Å². The van der Waals surface area contributed by atoms with Crippen LogP contribution in [0.1, 0.15) is 47.8 Å². The Balaban J connectivity index is 1.78. The van der Waals surface area contributed by atoms with Gasteiger partial charge in [0.1, 0.15) is 0 Å². The second-order valence-corrected chi connectivity index (χ2v) is 8.78. The third-order valence-electron chi connectivity index (χ3n) is 6.58. The third kappa shape index (κ3) is 3.50. The van der Waals surface area contributed by atoms with Crippen molar-refractivity contribution in [1.29, 1.82) is 0 Å². The molecule has 34 heavy (non-hydrogen) atoms. The first-order valence-corrected chi connectivity index (χ1v) is 11.3. The van der Waals surface area contributed by atoms with Gasteiger partial charge in [-0.3, -0.25) is 18.9 Å². The molecule has 172 valence electrons. The molecule has 0 saturated carbocycles. The zero-order valence-corrected chi connectivity index (χ0v) is 19.3. The Labute approximate surface area is 196 Å². The Hall–Kier alpha value is -4.13. The van der Waals surface area contributed by atoms with E-state index in [1.165, 1.54) is 0 Å². The number of rotatable bonds is 6. The SMILES string of the molecule is Cc1cc2c(cn1)n(C(C)c1c[nH]c3cccc(C)c13)c(=O)n2C(CC(=O)O)c1ccccc1. The fourth-order valence-corrected chi connectivity index (χ4v) is 4.98. The van der Waals surface area contributed by atoms with E-state index in [0.717, 1.165) is 33.3 Å². The molecule has 2 atom stereocenters. The number of pyridine rings is 1. The van der Waals surface area contributed by atoms with Crippen LogP contribution in [0.4, 0.5) is 0 Å². The lowest BCUT2D eigenvalue weighted by molar-refractivity contribution is -0.137. The zero-order chi connectivity index (χ0) is 24.0. The van der Waals surface area contributed by atoms with E-state index in [0.29, 0.717) is 11.0 Å². The number of nitrogens with one attached hydrogen (secondary N) is 1. The molecule has 0 spiro atoms. The summed E-state index contributed by atoms with van der Waals surface area (Å²) in [7, 11) is 0. The first-order valence-electron chi connectivity index (χ1n) is 11.3. The van der Waals surface area contributed by atoms with Gasteiger partial charge in [0.15, 0.2) is 0 Å². The standard InChI is InChI=1S/C27H26N4O3/c1-16-8-7-11-21-26(16)20(14-29-21)18(3)30-24-15-28-17(2)12-23(24)31(27(30)34)22(13-25(32)33)19-9-5-4-6-10-19/h4-12,14-15,18,22,29H,13H2,1-3H3,(H,32,33). The van der Waals surface area contributed by atoms with Gasteiger partial charge >= 0.3 is 11.7 Å². The predicted molar refractivity (Wildman–Crippen MR) is 132 cm³/mol. The molecule has 3 heterocycles. The van der Waals surface area contributed by atoms with Gasteiger partial charge in [0.05, 0.1) is 35.7 Å². The molecule has 7 heteroatoms. The number of nitrogens with zero attached hydrogens (tertiary/aromatic N) is 3. The molecule has 0 bridgehead atoms. The number of aromatic nitrogens is 4. The summed E-state index contributed by atoms with van der Waals surface area (Å²) in [6, 6.07) is 16.3. The highest BCUT2D eigenvalue weighted by Gasteiger charge is 2.27. The number of benzene rings is 2. The van der Waals surface area contributed by atoms with E-state index in [9.17, 15) is 14.7 Å². The monoisotopic (exact) mass is 454 g/mol. The number of carboxylic acids is 1. The van der Waals surface area contributed by atoms with Crippen LogP contribution in [0.3, 0.4) is 0 Å². The van der Waals surface area contributed by atoms with Gasteiger partial charge in [-0.2, -0.15) is 0 Å². The zero-order valence-electron chi connectivity index (χ0n) is 19.3. The summed E-state index contributed by atoms with van der Waals surface area (Å²) in [5, 5.41) is 10.8. The highest BCUT2D eigenvalue weighted by atomic mass is 16.4. The molecule has 0 amide bonds. The van der Waals surface area contributed by atoms with Crippen LogP contribution >= 0.6 is 0 Å². The van der Waals surface area contributed by atoms with Crippen molar-refractivity contribution in [3.05, 3.63) is 99.9 Å². The van der Waals surface area contributed by atoms with E-state index in [1.54, 1.807) is 15.3 Å². The Bertz CT molecular complexity index is 1580. The number of hydrogen-bond acceptors (Lipinski definition) is 3. The summed E-state index contributed by atoms with van der Waals surface area (Å²) in [6.07, 6.45) is 3.46. The maximum absolute atomic E-state index is 14.0. The number of imidazole rings is 1. The van der Waals surface area contributed by atoms with E-state index in [4.69, 9.17) is 0 Å². The van der Waals surface area contributed by atoms with Crippen LogP contribution in [-0.4, -0.2) is 30.2 Å². The van der Waals surface area contributed by atoms with Crippen molar-refractivity contribution in [2.24, 2.45) is 0 Å². The number of aryl methyl sites for hydroxylation is 2. The molecule has 0 fully saturated rings. The largest absolute Gasteiger partial charge is 0.481 e. The maximum atomic E-state index is 14.0. The molecule has 0 saturated heterocycles. The van der Waals surface area contributed by atoms with Gasteiger partial charge in [-0.1, -0.05) is 42.5 Å². The van der Waals surface area contributed by atoms with Gasteiger partial charge in [0, 0.05) is 28.4 Å². The summed E-state index contributed by atoms with van der Waals surface area (Å²) in [5.41, 5.74) is 5.78. The molecule has 0 aliphatic rings. The van der Waals surface area contributed by atoms with Crippen LogP contribution in [0.25, 0.3) is 21.9 Å². The van der Waals surface area contributed by atoms with E-state index < -0.39 is 12.0 Å². The predicted octanol–water partition coefficient (Wildman–Crippen LogP) is 4.97. The number of aromatic amines is 1. The van der Waals surface area contributed by atoms with Crippen LogP contribution in [0.5, 0.6) is 0 Å². The fourth-order valence-electron chi connectivity index (χ4n) is 4.98. The van der Waals surface area contributed by atoms with E-state index in [-0.39, 0.29) is 18.2 Å². The minimum Gasteiger partial charge on any atom is -0.481 e. The lowest BCUT2D eigenvalue weighted by Gasteiger charge is -2.18. The number of aliphatic carboxylic acids is 1. The minimum absolute atomic E-state index is 0.203. The molecular weight excluding hydrogens is 428 g/mol. The van der Waals surface area contributed by atoms with Gasteiger partial charge in [0.25, 0.3) is 0 Å². The number of fused-ring (bicyclic) bond motifs is 2. The smallest absolute Gasteiger partial charge is 0.330 e. The van der Waals surface area contributed by atoms with Gasteiger partial charge in [0.2, 0.25) is 0 Å². The van der Waals surface area contributed by atoms with Crippen molar-refractivity contribution in [2.75, 3.05) is 0 Å². The molecule has 0 aliphatic heterocycles. The number of carbonyl (C=O) groups is 1. The summed E-state index contributed by atoms with van der Waals surface area (Å²) in [5.74, 6) is -0.965.